The Kier molecular flexibility index (Phi) is 5.45. The van der Waals surface area contributed by atoms with Crippen molar-refractivity contribution in [3.63, 3.8) is 0 Å². The Morgan fingerprint density at radius 3 is 2.26 bits per heavy atom. The van der Waals surface area contributed by atoms with Gasteiger partial charge in [0.15, 0.2) is 0 Å². The van der Waals surface area contributed by atoms with E-state index in [4.69, 9.17) is 4.74 Å². The molecular formula is C17H21NO. The summed E-state index contributed by atoms with van der Waals surface area (Å²) in [5.41, 5.74) is 3.67. The maximum atomic E-state index is 5.31. The van der Waals surface area contributed by atoms with Crippen molar-refractivity contribution in [3.8, 4) is 11.1 Å². The second-order valence-corrected chi connectivity index (χ2v) is 4.42. The van der Waals surface area contributed by atoms with Gasteiger partial charge in [-0.1, -0.05) is 42.5 Å². The van der Waals surface area contributed by atoms with Gasteiger partial charge in [-0.3, -0.25) is 0 Å². The van der Waals surface area contributed by atoms with Crippen molar-refractivity contribution in [1.29, 1.82) is 0 Å². The van der Waals surface area contributed by atoms with Crippen LogP contribution < -0.4 is 5.32 Å². The molecule has 0 aliphatic rings. The number of benzene rings is 2. The van der Waals surface area contributed by atoms with Crippen molar-refractivity contribution in [2.45, 2.75) is 13.3 Å². The predicted molar refractivity (Wildman–Crippen MR) is 81.5 cm³/mol. The normalized spacial score (nSPS) is 10.4. The summed E-state index contributed by atoms with van der Waals surface area (Å²) in [4.78, 5) is 0. The van der Waals surface area contributed by atoms with Gasteiger partial charge >= 0.3 is 0 Å². The number of rotatable bonds is 7. The van der Waals surface area contributed by atoms with E-state index in [0.29, 0.717) is 0 Å². The van der Waals surface area contributed by atoms with Crippen LogP contribution in [0.3, 0.4) is 0 Å². The van der Waals surface area contributed by atoms with Gasteiger partial charge in [0.2, 0.25) is 0 Å². The highest BCUT2D eigenvalue weighted by atomic mass is 16.5. The standard InChI is InChI=1S/C17H21NO/c1-2-19-14-6-13-18-17-11-9-16(10-12-17)15-7-4-3-5-8-15/h3-5,7-12,18H,2,6,13-14H2,1H3. The zero-order chi connectivity index (χ0) is 13.3. The van der Waals surface area contributed by atoms with E-state index in [0.717, 1.165) is 31.9 Å². The third-order valence-corrected chi connectivity index (χ3v) is 2.99. The fourth-order valence-electron chi connectivity index (χ4n) is 1.96. The second-order valence-electron chi connectivity index (χ2n) is 4.42. The average Bonchev–Trinajstić information content (AvgIpc) is 2.49. The second kappa shape index (κ2) is 7.59. The molecule has 2 aromatic carbocycles. The summed E-state index contributed by atoms with van der Waals surface area (Å²) in [5.74, 6) is 0. The molecule has 0 aliphatic carbocycles. The van der Waals surface area contributed by atoms with Crippen LogP contribution in [-0.4, -0.2) is 19.8 Å². The maximum absolute atomic E-state index is 5.31. The van der Waals surface area contributed by atoms with Crippen LogP contribution in [0.2, 0.25) is 0 Å². The lowest BCUT2D eigenvalue weighted by atomic mass is 10.1. The largest absolute Gasteiger partial charge is 0.385 e. The van der Waals surface area contributed by atoms with Crippen LogP contribution in [0.15, 0.2) is 54.6 Å². The van der Waals surface area contributed by atoms with Gasteiger partial charge in [-0.15, -0.1) is 0 Å². The monoisotopic (exact) mass is 255 g/mol. The summed E-state index contributed by atoms with van der Waals surface area (Å²) < 4.78 is 5.31. The fourth-order valence-corrected chi connectivity index (χ4v) is 1.96. The van der Waals surface area contributed by atoms with Crippen molar-refractivity contribution in [3.05, 3.63) is 54.6 Å². The Balaban J connectivity index is 1.85. The zero-order valence-electron chi connectivity index (χ0n) is 11.4. The Bertz CT molecular complexity index is 464. The van der Waals surface area contributed by atoms with Gasteiger partial charge in [0.05, 0.1) is 0 Å². The topological polar surface area (TPSA) is 21.3 Å². The molecule has 100 valence electrons. The minimum absolute atomic E-state index is 0.797. The molecule has 2 nitrogen and oxygen atoms in total. The SMILES string of the molecule is CCOCCCNc1ccc(-c2ccccc2)cc1. The Labute approximate surface area is 115 Å². The third-order valence-electron chi connectivity index (χ3n) is 2.99. The smallest absolute Gasteiger partial charge is 0.0482 e. The molecule has 0 spiro atoms. The lowest BCUT2D eigenvalue weighted by Gasteiger charge is -2.08. The first-order valence-electron chi connectivity index (χ1n) is 6.87. The first-order chi connectivity index (χ1) is 9.40. The molecule has 0 amide bonds. The average molecular weight is 255 g/mol. The van der Waals surface area contributed by atoms with E-state index in [2.05, 4.69) is 53.8 Å². The van der Waals surface area contributed by atoms with Crippen LogP contribution in [0, 0.1) is 0 Å². The Hall–Kier alpha value is -1.80. The number of hydrogen-bond acceptors (Lipinski definition) is 2. The lowest BCUT2D eigenvalue weighted by Crippen LogP contribution is -2.05. The van der Waals surface area contributed by atoms with Gasteiger partial charge in [-0.25, -0.2) is 0 Å². The van der Waals surface area contributed by atoms with Gasteiger partial charge in [0, 0.05) is 25.4 Å². The highest BCUT2D eigenvalue weighted by Gasteiger charge is 1.97. The molecule has 0 unspecified atom stereocenters. The van der Waals surface area contributed by atoms with E-state index in [1.807, 2.05) is 13.0 Å². The molecule has 0 heterocycles. The Morgan fingerprint density at radius 1 is 0.895 bits per heavy atom. The highest BCUT2D eigenvalue weighted by molar-refractivity contribution is 5.65. The molecule has 0 atom stereocenters. The molecule has 0 aliphatic heterocycles. The Morgan fingerprint density at radius 2 is 1.58 bits per heavy atom. The molecule has 0 aromatic heterocycles. The highest BCUT2D eigenvalue weighted by Crippen LogP contribution is 2.20. The van der Waals surface area contributed by atoms with Gasteiger partial charge < -0.3 is 10.1 Å². The van der Waals surface area contributed by atoms with E-state index in [1.165, 1.54) is 11.1 Å². The fraction of sp³-hybridized carbons (Fsp3) is 0.294. The van der Waals surface area contributed by atoms with Crippen LogP contribution in [0.5, 0.6) is 0 Å². The number of hydrogen-bond donors (Lipinski definition) is 1. The lowest BCUT2D eigenvalue weighted by molar-refractivity contribution is 0.147. The van der Waals surface area contributed by atoms with Crippen molar-refractivity contribution < 1.29 is 4.74 Å². The minimum atomic E-state index is 0.797. The van der Waals surface area contributed by atoms with Crippen LogP contribution in [-0.2, 0) is 4.74 Å². The third kappa shape index (κ3) is 4.42. The van der Waals surface area contributed by atoms with Crippen molar-refractivity contribution in [1.82, 2.24) is 0 Å². The van der Waals surface area contributed by atoms with E-state index in [-0.39, 0.29) is 0 Å². The van der Waals surface area contributed by atoms with E-state index >= 15 is 0 Å². The molecule has 0 fully saturated rings. The number of anilines is 1. The quantitative estimate of drug-likeness (QED) is 0.749. The summed E-state index contributed by atoms with van der Waals surface area (Å²) in [6.07, 6.45) is 1.04. The zero-order valence-corrected chi connectivity index (χ0v) is 11.4. The van der Waals surface area contributed by atoms with Gasteiger partial charge in [-0.2, -0.15) is 0 Å². The van der Waals surface area contributed by atoms with Crippen molar-refractivity contribution in [2.75, 3.05) is 25.1 Å². The predicted octanol–water partition coefficient (Wildman–Crippen LogP) is 4.19. The summed E-state index contributed by atoms with van der Waals surface area (Å²) in [7, 11) is 0. The summed E-state index contributed by atoms with van der Waals surface area (Å²) >= 11 is 0. The summed E-state index contributed by atoms with van der Waals surface area (Å²) in [6.45, 7) is 4.60. The van der Waals surface area contributed by atoms with Crippen LogP contribution in [0.25, 0.3) is 11.1 Å². The van der Waals surface area contributed by atoms with Gasteiger partial charge in [-0.05, 0) is 36.6 Å². The van der Waals surface area contributed by atoms with Gasteiger partial charge in [0.1, 0.15) is 0 Å². The number of ether oxygens (including phenoxy) is 1. The van der Waals surface area contributed by atoms with Crippen LogP contribution in [0.1, 0.15) is 13.3 Å². The van der Waals surface area contributed by atoms with Crippen LogP contribution in [0.4, 0.5) is 5.69 Å². The molecule has 2 aromatic rings. The first-order valence-corrected chi connectivity index (χ1v) is 6.87. The molecule has 19 heavy (non-hydrogen) atoms. The molecule has 0 saturated carbocycles. The molecule has 0 saturated heterocycles. The molecule has 1 N–H and O–H groups in total. The molecule has 2 rings (SSSR count). The maximum Gasteiger partial charge on any atom is 0.0482 e. The van der Waals surface area contributed by atoms with Gasteiger partial charge in [0.25, 0.3) is 0 Å². The molecule has 2 heteroatoms. The summed E-state index contributed by atoms with van der Waals surface area (Å²) in [6, 6.07) is 19.0. The van der Waals surface area contributed by atoms with E-state index < -0.39 is 0 Å². The van der Waals surface area contributed by atoms with E-state index in [1.54, 1.807) is 0 Å². The number of nitrogens with one attached hydrogen (secondary N) is 1. The van der Waals surface area contributed by atoms with Crippen molar-refractivity contribution in [2.24, 2.45) is 0 Å². The van der Waals surface area contributed by atoms with E-state index in [9.17, 15) is 0 Å². The summed E-state index contributed by atoms with van der Waals surface area (Å²) in [5, 5.41) is 3.40. The molecular weight excluding hydrogens is 234 g/mol. The molecule has 0 radical (unpaired) electrons. The van der Waals surface area contributed by atoms with Crippen LogP contribution >= 0.6 is 0 Å². The first kappa shape index (κ1) is 13.6. The minimum Gasteiger partial charge on any atom is -0.385 e. The van der Waals surface area contributed by atoms with Crippen molar-refractivity contribution >= 4 is 5.69 Å². The molecule has 0 bridgehead atoms.